The molecule has 6 nitrogen and oxygen atoms in total. The number of ether oxygens (including phenoxy) is 1. The molecular formula is C22H21N5O. The fourth-order valence-electron chi connectivity index (χ4n) is 3.03. The molecular weight excluding hydrogens is 350 g/mol. The molecule has 4 rings (SSSR count). The molecule has 2 aromatic heterocycles. The third-order valence-corrected chi connectivity index (χ3v) is 4.42. The van der Waals surface area contributed by atoms with Gasteiger partial charge in [0.1, 0.15) is 23.7 Å². The van der Waals surface area contributed by atoms with Crippen molar-refractivity contribution < 1.29 is 4.74 Å². The maximum absolute atomic E-state index is 5.27. The molecule has 0 saturated carbocycles. The number of rotatable bonds is 7. The second-order valence-electron chi connectivity index (χ2n) is 6.32. The van der Waals surface area contributed by atoms with Crippen LogP contribution in [0.15, 0.2) is 73.2 Å². The van der Waals surface area contributed by atoms with Gasteiger partial charge >= 0.3 is 0 Å². The van der Waals surface area contributed by atoms with Gasteiger partial charge in [0, 0.05) is 24.2 Å². The molecule has 0 radical (unpaired) electrons. The molecule has 0 aliphatic heterocycles. The molecule has 0 saturated heterocycles. The molecule has 0 fully saturated rings. The zero-order valence-electron chi connectivity index (χ0n) is 15.6. The molecule has 2 N–H and O–H groups in total. The molecule has 0 amide bonds. The van der Waals surface area contributed by atoms with Crippen LogP contribution in [0.25, 0.3) is 10.9 Å². The first-order valence-corrected chi connectivity index (χ1v) is 9.11. The minimum Gasteiger partial charge on any atom is -0.497 e. The summed E-state index contributed by atoms with van der Waals surface area (Å²) < 4.78 is 5.27. The molecule has 0 spiro atoms. The number of pyridine rings is 1. The number of para-hydroxylation sites is 1. The topological polar surface area (TPSA) is 72.0 Å². The minimum absolute atomic E-state index is 0.719. The summed E-state index contributed by atoms with van der Waals surface area (Å²) in [5.41, 5.74) is 3.04. The van der Waals surface area contributed by atoms with E-state index >= 15 is 0 Å². The van der Waals surface area contributed by atoms with Gasteiger partial charge in [0.05, 0.1) is 18.3 Å². The lowest BCUT2D eigenvalue weighted by Gasteiger charge is -2.10. The highest BCUT2D eigenvalue weighted by molar-refractivity contribution is 5.91. The van der Waals surface area contributed by atoms with Gasteiger partial charge in [0.15, 0.2) is 0 Å². The van der Waals surface area contributed by atoms with E-state index < -0.39 is 0 Å². The first kappa shape index (κ1) is 17.7. The number of hydrogen-bond acceptors (Lipinski definition) is 6. The Bertz CT molecular complexity index is 1080. The van der Waals surface area contributed by atoms with Crippen molar-refractivity contribution in [3.05, 3.63) is 78.8 Å². The fraction of sp³-hybridized carbons (Fsp3) is 0.136. The number of fused-ring (bicyclic) bond motifs is 1. The minimum atomic E-state index is 0.719. The van der Waals surface area contributed by atoms with Crippen LogP contribution in [0.2, 0.25) is 0 Å². The Kier molecular flexibility index (Phi) is 5.29. The normalized spacial score (nSPS) is 10.6. The zero-order chi connectivity index (χ0) is 19.2. The van der Waals surface area contributed by atoms with E-state index in [0.29, 0.717) is 0 Å². The summed E-state index contributed by atoms with van der Waals surface area (Å²) in [6.07, 6.45) is 4.21. The third-order valence-electron chi connectivity index (χ3n) is 4.42. The average molecular weight is 371 g/mol. The largest absolute Gasteiger partial charge is 0.497 e. The standard InChI is InChI=1S/C22H21N5O/c1-28-18-8-2-5-16(13-18)10-12-23-20-14-21(26-15-25-20)27-19-9-3-6-17-7-4-11-24-22(17)19/h2-9,11,13-15H,10,12H2,1H3,(H2,23,25,26,27). The third kappa shape index (κ3) is 4.17. The van der Waals surface area contributed by atoms with Gasteiger partial charge in [-0.1, -0.05) is 30.3 Å². The molecule has 4 aromatic rings. The van der Waals surface area contributed by atoms with E-state index in [-0.39, 0.29) is 0 Å². The van der Waals surface area contributed by atoms with Gasteiger partial charge in [-0.3, -0.25) is 4.98 Å². The van der Waals surface area contributed by atoms with Crippen LogP contribution >= 0.6 is 0 Å². The van der Waals surface area contributed by atoms with Crippen molar-refractivity contribution in [3.8, 4) is 5.75 Å². The van der Waals surface area contributed by atoms with Gasteiger partial charge in [-0.05, 0) is 36.2 Å². The van der Waals surface area contributed by atoms with Crippen LogP contribution < -0.4 is 15.4 Å². The first-order valence-electron chi connectivity index (χ1n) is 9.11. The van der Waals surface area contributed by atoms with Gasteiger partial charge < -0.3 is 15.4 Å². The van der Waals surface area contributed by atoms with Gasteiger partial charge in [0.2, 0.25) is 0 Å². The Labute approximate surface area is 163 Å². The van der Waals surface area contributed by atoms with Crippen LogP contribution in [0.1, 0.15) is 5.56 Å². The van der Waals surface area contributed by atoms with E-state index in [1.54, 1.807) is 19.6 Å². The number of methoxy groups -OCH3 is 1. The number of benzene rings is 2. The van der Waals surface area contributed by atoms with Crippen molar-refractivity contribution in [1.82, 2.24) is 15.0 Å². The van der Waals surface area contributed by atoms with E-state index in [9.17, 15) is 0 Å². The van der Waals surface area contributed by atoms with Gasteiger partial charge in [-0.2, -0.15) is 0 Å². The molecule has 0 aliphatic carbocycles. The lowest BCUT2D eigenvalue weighted by atomic mass is 10.1. The van der Waals surface area contributed by atoms with Crippen molar-refractivity contribution in [2.24, 2.45) is 0 Å². The molecule has 6 heteroatoms. The Balaban J connectivity index is 1.43. The van der Waals surface area contributed by atoms with Gasteiger partial charge in [-0.25, -0.2) is 9.97 Å². The highest BCUT2D eigenvalue weighted by atomic mass is 16.5. The Morgan fingerprint density at radius 1 is 0.893 bits per heavy atom. The van der Waals surface area contributed by atoms with Crippen molar-refractivity contribution in [3.63, 3.8) is 0 Å². The molecule has 0 bridgehead atoms. The lowest BCUT2D eigenvalue weighted by molar-refractivity contribution is 0.414. The van der Waals surface area contributed by atoms with Crippen molar-refractivity contribution in [1.29, 1.82) is 0 Å². The predicted octanol–water partition coefficient (Wildman–Crippen LogP) is 4.43. The molecule has 0 unspecified atom stereocenters. The second kappa shape index (κ2) is 8.35. The maximum atomic E-state index is 5.27. The summed E-state index contributed by atoms with van der Waals surface area (Å²) in [6.45, 7) is 0.763. The van der Waals surface area contributed by atoms with E-state index in [1.165, 1.54) is 5.56 Å². The van der Waals surface area contributed by atoms with Crippen molar-refractivity contribution >= 4 is 28.2 Å². The Hall–Kier alpha value is -3.67. The Morgan fingerprint density at radius 2 is 1.75 bits per heavy atom. The molecule has 0 aliphatic rings. The highest BCUT2D eigenvalue weighted by Gasteiger charge is 2.04. The number of aromatic nitrogens is 3. The van der Waals surface area contributed by atoms with Gasteiger partial charge in [-0.15, -0.1) is 0 Å². The van der Waals surface area contributed by atoms with Crippen molar-refractivity contribution in [2.45, 2.75) is 6.42 Å². The van der Waals surface area contributed by atoms with Crippen LogP contribution in [-0.2, 0) is 6.42 Å². The number of nitrogens with one attached hydrogen (secondary N) is 2. The van der Waals surface area contributed by atoms with Crippen LogP contribution in [0.3, 0.4) is 0 Å². The number of nitrogens with zero attached hydrogens (tertiary/aromatic N) is 3. The van der Waals surface area contributed by atoms with E-state index in [0.717, 1.165) is 46.9 Å². The molecule has 2 aromatic carbocycles. The number of anilines is 3. The molecule has 140 valence electrons. The zero-order valence-corrected chi connectivity index (χ0v) is 15.6. The summed E-state index contributed by atoms with van der Waals surface area (Å²) in [6, 6.07) is 20.0. The molecule has 28 heavy (non-hydrogen) atoms. The lowest BCUT2D eigenvalue weighted by Crippen LogP contribution is -2.07. The molecule has 0 atom stereocenters. The summed E-state index contributed by atoms with van der Waals surface area (Å²) in [5.74, 6) is 2.36. The van der Waals surface area contributed by atoms with Crippen LogP contribution in [0.4, 0.5) is 17.3 Å². The highest BCUT2D eigenvalue weighted by Crippen LogP contribution is 2.24. The van der Waals surface area contributed by atoms with E-state index in [2.05, 4.69) is 31.7 Å². The second-order valence-corrected chi connectivity index (χ2v) is 6.32. The summed E-state index contributed by atoms with van der Waals surface area (Å²) in [4.78, 5) is 13.1. The van der Waals surface area contributed by atoms with Gasteiger partial charge in [0.25, 0.3) is 0 Å². The average Bonchev–Trinajstić information content (AvgIpc) is 2.74. The summed E-state index contributed by atoms with van der Waals surface area (Å²) in [5, 5.41) is 7.77. The fourth-order valence-corrected chi connectivity index (χ4v) is 3.03. The van der Waals surface area contributed by atoms with Crippen LogP contribution in [-0.4, -0.2) is 28.6 Å². The van der Waals surface area contributed by atoms with Crippen molar-refractivity contribution in [2.75, 3.05) is 24.3 Å². The predicted molar refractivity (Wildman–Crippen MR) is 112 cm³/mol. The Morgan fingerprint density at radius 3 is 2.68 bits per heavy atom. The quantitative estimate of drug-likeness (QED) is 0.501. The first-order chi connectivity index (χ1) is 13.8. The number of hydrogen-bond donors (Lipinski definition) is 2. The smallest absolute Gasteiger partial charge is 0.135 e. The maximum Gasteiger partial charge on any atom is 0.135 e. The van der Waals surface area contributed by atoms with E-state index in [4.69, 9.17) is 4.74 Å². The molecule has 2 heterocycles. The van der Waals surface area contributed by atoms with Crippen LogP contribution in [0, 0.1) is 0 Å². The van der Waals surface area contributed by atoms with E-state index in [1.807, 2.05) is 54.6 Å². The summed E-state index contributed by atoms with van der Waals surface area (Å²) in [7, 11) is 1.68. The monoisotopic (exact) mass is 371 g/mol. The summed E-state index contributed by atoms with van der Waals surface area (Å²) >= 11 is 0. The van der Waals surface area contributed by atoms with Crippen LogP contribution in [0.5, 0.6) is 5.75 Å². The SMILES string of the molecule is COc1cccc(CCNc2cc(Nc3cccc4cccnc34)ncn2)c1.